The molecule has 4 rings (SSSR count). The first kappa shape index (κ1) is 15.8. The van der Waals surface area contributed by atoms with E-state index >= 15 is 0 Å². The molecule has 0 atom stereocenters. The standard InChI is InChI=1S/C19H18N4OS/c1-4-24-14-8-6-5-7-13(14)23-18-17-16(20-10-21-18)15-11(2)9-12(3)22-19(15)25-17/h5-10H,4H2,1-3H3,(H,20,21,23). The Morgan fingerprint density at radius 1 is 1.16 bits per heavy atom. The molecular formula is C19H18N4OS. The second-order valence-electron chi connectivity index (χ2n) is 5.82. The number of ether oxygens (including phenoxy) is 1. The van der Waals surface area contributed by atoms with Crippen molar-refractivity contribution < 1.29 is 4.74 Å². The molecule has 1 N–H and O–H groups in total. The quantitative estimate of drug-likeness (QED) is 0.561. The first-order chi connectivity index (χ1) is 12.2. The number of hydrogen-bond donors (Lipinski definition) is 1. The zero-order valence-corrected chi connectivity index (χ0v) is 15.1. The average molecular weight is 350 g/mol. The van der Waals surface area contributed by atoms with E-state index in [1.807, 2.05) is 38.1 Å². The highest BCUT2D eigenvalue weighted by atomic mass is 32.1. The van der Waals surface area contributed by atoms with E-state index in [1.54, 1.807) is 17.7 Å². The van der Waals surface area contributed by atoms with Gasteiger partial charge in [-0.15, -0.1) is 11.3 Å². The molecule has 0 aliphatic carbocycles. The Hall–Kier alpha value is -2.73. The third-order valence-corrected chi connectivity index (χ3v) is 5.07. The summed E-state index contributed by atoms with van der Waals surface area (Å²) in [5.41, 5.74) is 4.04. The van der Waals surface area contributed by atoms with Crippen molar-refractivity contribution in [1.29, 1.82) is 0 Å². The fraction of sp³-hybridized carbons (Fsp3) is 0.211. The van der Waals surface area contributed by atoms with Gasteiger partial charge in [-0.3, -0.25) is 0 Å². The van der Waals surface area contributed by atoms with Crippen LogP contribution >= 0.6 is 11.3 Å². The predicted molar refractivity (Wildman–Crippen MR) is 103 cm³/mol. The molecule has 1 aromatic carbocycles. The highest BCUT2D eigenvalue weighted by molar-refractivity contribution is 7.26. The number of rotatable bonds is 4. The van der Waals surface area contributed by atoms with Gasteiger partial charge in [0.2, 0.25) is 0 Å². The second-order valence-corrected chi connectivity index (χ2v) is 6.82. The van der Waals surface area contributed by atoms with Crippen molar-refractivity contribution in [2.24, 2.45) is 0 Å². The summed E-state index contributed by atoms with van der Waals surface area (Å²) in [6.07, 6.45) is 1.60. The van der Waals surface area contributed by atoms with E-state index in [9.17, 15) is 0 Å². The first-order valence-corrected chi connectivity index (χ1v) is 8.99. The monoisotopic (exact) mass is 350 g/mol. The topological polar surface area (TPSA) is 59.9 Å². The number of nitrogens with one attached hydrogen (secondary N) is 1. The molecule has 0 radical (unpaired) electrons. The molecule has 3 heterocycles. The summed E-state index contributed by atoms with van der Waals surface area (Å²) >= 11 is 1.62. The number of anilines is 2. The molecule has 4 aromatic rings. The Morgan fingerprint density at radius 3 is 2.84 bits per heavy atom. The molecular weight excluding hydrogens is 332 g/mol. The SMILES string of the molecule is CCOc1ccccc1Nc1ncnc2c1sc1nc(C)cc(C)c12. The predicted octanol–water partition coefficient (Wildman–Crippen LogP) is 5.00. The summed E-state index contributed by atoms with van der Waals surface area (Å²) in [6, 6.07) is 9.96. The number of aromatic nitrogens is 3. The maximum Gasteiger partial charge on any atom is 0.152 e. The molecule has 0 bridgehead atoms. The van der Waals surface area contributed by atoms with Crippen molar-refractivity contribution in [1.82, 2.24) is 15.0 Å². The van der Waals surface area contributed by atoms with Gasteiger partial charge >= 0.3 is 0 Å². The van der Waals surface area contributed by atoms with Gasteiger partial charge in [-0.05, 0) is 44.5 Å². The lowest BCUT2D eigenvalue weighted by Gasteiger charge is -2.11. The van der Waals surface area contributed by atoms with E-state index in [2.05, 4.69) is 33.3 Å². The molecule has 0 aliphatic heterocycles. The third-order valence-electron chi connectivity index (χ3n) is 3.99. The van der Waals surface area contributed by atoms with E-state index in [0.717, 1.165) is 43.4 Å². The normalized spacial score (nSPS) is 11.2. The Morgan fingerprint density at radius 2 is 2.00 bits per heavy atom. The molecule has 5 nitrogen and oxygen atoms in total. The molecule has 0 fully saturated rings. The minimum atomic E-state index is 0.614. The number of thiophene rings is 1. The maximum atomic E-state index is 5.70. The van der Waals surface area contributed by atoms with Crippen LogP contribution in [0.15, 0.2) is 36.7 Å². The number of fused-ring (bicyclic) bond motifs is 3. The van der Waals surface area contributed by atoms with Crippen LogP contribution < -0.4 is 10.1 Å². The van der Waals surface area contributed by atoms with Crippen LogP contribution in [-0.4, -0.2) is 21.6 Å². The summed E-state index contributed by atoms with van der Waals surface area (Å²) in [4.78, 5) is 14.6. The van der Waals surface area contributed by atoms with Crippen LogP contribution in [0.4, 0.5) is 11.5 Å². The molecule has 0 saturated carbocycles. The Labute approximate surface area is 149 Å². The van der Waals surface area contributed by atoms with E-state index in [4.69, 9.17) is 4.74 Å². The van der Waals surface area contributed by atoms with Crippen LogP contribution in [-0.2, 0) is 0 Å². The van der Waals surface area contributed by atoms with Crippen molar-refractivity contribution >= 4 is 43.3 Å². The van der Waals surface area contributed by atoms with Gasteiger partial charge < -0.3 is 10.1 Å². The Balaban J connectivity index is 1.87. The van der Waals surface area contributed by atoms with Gasteiger partial charge in [-0.2, -0.15) is 0 Å². The van der Waals surface area contributed by atoms with Crippen molar-refractivity contribution in [3.05, 3.63) is 47.9 Å². The molecule has 0 unspecified atom stereocenters. The first-order valence-electron chi connectivity index (χ1n) is 8.17. The number of pyridine rings is 1. The summed E-state index contributed by atoms with van der Waals surface area (Å²) in [6.45, 7) is 6.70. The van der Waals surface area contributed by atoms with Gasteiger partial charge in [0, 0.05) is 11.1 Å². The Kier molecular flexibility index (Phi) is 3.97. The molecule has 0 saturated heterocycles. The fourth-order valence-electron chi connectivity index (χ4n) is 2.98. The van der Waals surface area contributed by atoms with Crippen molar-refractivity contribution in [3.8, 4) is 5.75 Å². The van der Waals surface area contributed by atoms with E-state index in [1.165, 1.54) is 5.56 Å². The molecule has 6 heteroatoms. The van der Waals surface area contributed by atoms with Crippen LogP contribution in [0.5, 0.6) is 5.75 Å². The van der Waals surface area contributed by atoms with Gasteiger partial charge in [0.25, 0.3) is 0 Å². The molecule has 3 aromatic heterocycles. The summed E-state index contributed by atoms with van der Waals surface area (Å²) in [5.74, 6) is 1.58. The molecule has 25 heavy (non-hydrogen) atoms. The average Bonchev–Trinajstić information content (AvgIpc) is 2.96. The molecule has 0 amide bonds. The van der Waals surface area contributed by atoms with Gasteiger partial charge in [-0.1, -0.05) is 12.1 Å². The third kappa shape index (κ3) is 2.78. The maximum absolute atomic E-state index is 5.70. The molecule has 0 aliphatic rings. The lowest BCUT2D eigenvalue weighted by molar-refractivity contribution is 0.342. The van der Waals surface area contributed by atoms with Gasteiger partial charge in [0.15, 0.2) is 5.82 Å². The van der Waals surface area contributed by atoms with E-state index in [-0.39, 0.29) is 0 Å². The van der Waals surface area contributed by atoms with Crippen molar-refractivity contribution in [3.63, 3.8) is 0 Å². The largest absolute Gasteiger partial charge is 0.492 e. The van der Waals surface area contributed by atoms with Crippen LogP contribution in [0.2, 0.25) is 0 Å². The van der Waals surface area contributed by atoms with Crippen LogP contribution in [0.25, 0.3) is 20.4 Å². The number of hydrogen-bond acceptors (Lipinski definition) is 6. The minimum Gasteiger partial charge on any atom is -0.492 e. The zero-order valence-electron chi connectivity index (χ0n) is 14.3. The van der Waals surface area contributed by atoms with Crippen LogP contribution in [0, 0.1) is 13.8 Å². The molecule has 0 spiro atoms. The number of para-hydroxylation sites is 2. The van der Waals surface area contributed by atoms with Crippen molar-refractivity contribution in [2.45, 2.75) is 20.8 Å². The lowest BCUT2D eigenvalue weighted by Crippen LogP contribution is -1.99. The summed E-state index contributed by atoms with van der Waals surface area (Å²) in [5, 5.41) is 4.51. The lowest BCUT2D eigenvalue weighted by atomic mass is 10.1. The van der Waals surface area contributed by atoms with Gasteiger partial charge in [-0.25, -0.2) is 15.0 Å². The van der Waals surface area contributed by atoms with Crippen LogP contribution in [0.3, 0.4) is 0 Å². The summed E-state index contributed by atoms with van der Waals surface area (Å²) < 4.78 is 6.70. The van der Waals surface area contributed by atoms with Crippen LogP contribution in [0.1, 0.15) is 18.2 Å². The smallest absolute Gasteiger partial charge is 0.152 e. The minimum absolute atomic E-state index is 0.614. The molecule has 126 valence electrons. The number of aryl methyl sites for hydroxylation is 2. The second kappa shape index (κ2) is 6.29. The summed E-state index contributed by atoms with van der Waals surface area (Å²) in [7, 11) is 0. The van der Waals surface area contributed by atoms with Gasteiger partial charge in [0.1, 0.15) is 16.9 Å². The highest BCUT2D eigenvalue weighted by Gasteiger charge is 2.15. The highest BCUT2D eigenvalue weighted by Crippen LogP contribution is 2.38. The van der Waals surface area contributed by atoms with Gasteiger partial charge in [0.05, 0.1) is 22.5 Å². The Bertz CT molecular complexity index is 1070. The van der Waals surface area contributed by atoms with Crippen molar-refractivity contribution in [2.75, 3.05) is 11.9 Å². The number of nitrogens with zero attached hydrogens (tertiary/aromatic N) is 3. The zero-order chi connectivity index (χ0) is 17.4. The van der Waals surface area contributed by atoms with E-state index < -0.39 is 0 Å². The number of benzene rings is 1. The fourth-order valence-corrected chi connectivity index (χ4v) is 4.17. The van der Waals surface area contributed by atoms with E-state index in [0.29, 0.717) is 6.61 Å².